The van der Waals surface area contributed by atoms with E-state index >= 15 is 0 Å². The zero-order valence-corrected chi connectivity index (χ0v) is 8.32. The number of rotatable bonds is 2. The number of anilines is 1. The molecule has 1 aliphatic heterocycles. The summed E-state index contributed by atoms with van der Waals surface area (Å²) in [4.78, 5) is 16.0. The fourth-order valence-electron chi connectivity index (χ4n) is 1.40. The highest BCUT2D eigenvalue weighted by Gasteiger charge is 2.08. The molecule has 0 bridgehead atoms. The monoisotopic (exact) mass is 205 g/mol. The van der Waals surface area contributed by atoms with Gasteiger partial charge in [0.05, 0.1) is 19.2 Å². The van der Waals surface area contributed by atoms with Crippen LogP contribution in [-0.4, -0.2) is 13.1 Å². The number of ether oxygens (including phenoxy) is 1. The Kier molecular flexibility index (Phi) is 2.58. The molecule has 1 aliphatic rings. The van der Waals surface area contributed by atoms with Crippen molar-refractivity contribution in [1.29, 1.82) is 0 Å². The summed E-state index contributed by atoms with van der Waals surface area (Å²) in [7, 11) is 1.38. The molecule has 0 radical (unpaired) electrons. The first kappa shape index (κ1) is 9.58. The third-order valence-corrected chi connectivity index (χ3v) is 2.18. The van der Waals surface area contributed by atoms with Crippen molar-refractivity contribution >= 4 is 17.7 Å². The zero-order valence-electron chi connectivity index (χ0n) is 8.32. The van der Waals surface area contributed by atoms with E-state index in [-0.39, 0.29) is 5.97 Å². The first-order chi connectivity index (χ1) is 7.29. The van der Waals surface area contributed by atoms with Crippen LogP contribution in [0.3, 0.4) is 0 Å². The number of nitrogens with one attached hydrogen (secondary N) is 1. The summed E-state index contributed by atoms with van der Waals surface area (Å²) >= 11 is 0. The van der Waals surface area contributed by atoms with Crippen LogP contribution in [0.2, 0.25) is 0 Å². The molecule has 1 heterocycles. The lowest BCUT2D eigenvalue weighted by atomic mass is 10.1. The average Bonchev–Trinajstić information content (AvgIpc) is 2.29. The molecule has 4 nitrogen and oxygen atoms in total. The van der Waals surface area contributed by atoms with Crippen molar-refractivity contribution in [3.63, 3.8) is 0 Å². The van der Waals surface area contributed by atoms with E-state index < -0.39 is 0 Å². The second-order valence-electron chi connectivity index (χ2n) is 3.20. The minimum absolute atomic E-state index is 0.237. The van der Waals surface area contributed by atoms with Gasteiger partial charge in [-0.05, 0) is 23.8 Å². The Labute approximate surface area is 87.5 Å². The maximum Gasteiger partial charge on any atom is 0.309 e. The normalized spacial score (nSPS) is 12.3. The summed E-state index contributed by atoms with van der Waals surface area (Å²) in [5.74, 6) is -0.237. The van der Waals surface area contributed by atoms with Gasteiger partial charge in [-0.25, -0.2) is 5.48 Å². The highest BCUT2D eigenvalue weighted by molar-refractivity contribution is 5.74. The van der Waals surface area contributed by atoms with Crippen LogP contribution < -0.4 is 5.48 Å². The average molecular weight is 205 g/mol. The molecule has 0 saturated carbocycles. The topological polar surface area (TPSA) is 47.6 Å². The molecule has 0 amide bonds. The number of benzene rings is 1. The first-order valence-electron chi connectivity index (χ1n) is 4.57. The Morgan fingerprint density at radius 1 is 1.53 bits per heavy atom. The Balaban J connectivity index is 2.22. The third-order valence-electron chi connectivity index (χ3n) is 2.18. The van der Waals surface area contributed by atoms with Crippen molar-refractivity contribution in [3.05, 3.63) is 35.6 Å². The Morgan fingerprint density at radius 2 is 2.40 bits per heavy atom. The zero-order chi connectivity index (χ0) is 10.7. The Hall–Kier alpha value is -1.97. The lowest BCUT2D eigenvalue weighted by Gasteiger charge is -2.13. The molecule has 1 aromatic carbocycles. The summed E-state index contributed by atoms with van der Waals surface area (Å²) in [6.07, 6.45) is 3.69. The second kappa shape index (κ2) is 4.04. The fourth-order valence-corrected chi connectivity index (χ4v) is 1.40. The molecule has 78 valence electrons. The minimum atomic E-state index is -0.237. The van der Waals surface area contributed by atoms with Crippen LogP contribution in [0.25, 0.3) is 6.08 Å². The van der Waals surface area contributed by atoms with Gasteiger partial charge in [-0.1, -0.05) is 6.07 Å². The largest absolute Gasteiger partial charge is 0.469 e. The van der Waals surface area contributed by atoms with Gasteiger partial charge in [0, 0.05) is 5.56 Å². The summed E-state index contributed by atoms with van der Waals surface area (Å²) in [6, 6.07) is 5.67. The van der Waals surface area contributed by atoms with Crippen LogP contribution in [0, 0.1) is 0 Å². The summed E-state index contributed by atoms with van der Waals surface area (Å²) in [5, 5.41) is 0. The van der Waals surface area contributed by atoms with Crippen LogP contribution in [-0.2, 0) is 20.8 Å². The van der Waals surface area contributed by atoms with E-state index in [2.05, 4.69) is 10.2 Å². The van der Waals surface area contributed by atoms with Crippen molar-refractivity contribution in [2.75, 3.05) is 12.6 Å². The van der Waals surface area contributed by atoms with Gasteiger partial charge in [0.15, 0.2) is 0 Å². The maximum absolute atomic E-state index is 11.1. The van der Waals surface area contributed by atoms with Crippen LogP contribution in [0.5, 0.6) is 0 Å². The molecule has 0 atom stereocenters. The summed E-state index contributed by atoms with van der Waals surface area (Å²) in [6.45, 7) is 0. The van der Waals surface area contributed by atoms with Crippen molar-refractivity contribution < 1.29 is 14.4 Å². The standard InChI is InChI=1S/C11H11NO3/c1-14-11(13)7-8-2-3-10-9(6-8)4-5-15-12-10/h2-6,12H,7H2,1H3. The van der Waals surface area contributed by atoms with E-state index in [1.807, 2.05) is 24.3 Å². The van der Waals surface area contributed by atoms with E-state index in [1.165, 1.54) is 7.11 Å². The number of carbonyl (C=O) groups is 1. The Morgan fingerprint density at radius 3 is 3.20 bits per heavy atom. The predicted octanol–water partition coefficient (Wildman–Crippen LogP) is 1.73. The van der Waals surface area contributed by atoms with E-state index in [0.29, 0.717) is 6.42 Å². The molecule has 15 heavy (non-hydrogen) atoms. The molecule has 0 spiro atoms. The van der Waals surface area contributed by atoms with E-state index in [4.69, 9.17) is 4.84 Å². The Bertz CT molecular complexity index is 412. The highest BCUT2D eigenvalue weighted by Crippen LogP contribution is 2.22. The molecule has 0 saturated heterocycles. The predicted molar refractivity (Wildman–Crippen MR) is 55.9 cm³/mol. The highest BCUT2D eigenvalue weighted by atomic mass is 16.6. The number of carbonyl (C=O) groups excluding carboxylic acids is 1. The van der Waals surface area contributed by atoms with E-state index in [1.54, 1.807) is 6.26 Å². The third kappa shape index (κ3) is 2.10. The van der Waals surface area contributed by atoms with Crippen LogP contribution in [0.4, 0.5) is 5.69 Å². The van der Waals surface area contributed by atoms with Crippen LogP contribution in [0.1, 0.15) is 11.1 Å². The van der Waals surface area contributed by atoms with Crippen molar-refractivity contribution in [2.45, 2.75) is 6.42 Å². The minimum Gasteiger partial charge on any atom is -0.469 e. The van der Waals surface area contributed by atoms with Gasteiger partial charge in [-0.15, -0.1) is 0 Å². The molecule has 4 heteroatoms. The van der Waals surface area contributed by atoms with Gasteiger partial charge in [-0.2, -0.15) is 0 Å². The van der Waals surface area contributed by atoms with Gasteiger partial charge in [0.2, 0.25) is 0 Å². The number of hydrogen-bond donors (Lipinski definition) is 1. The number of esters is 1. The SMILES string of the molecule is COC(=O)Cc1ccc2c(c1)C=CON2. The molecule has 1 N–H and O–H groups in total. The molecule has 0 aromatic heterocycles. The van der Waals surface area contributed by atoms with Crippen molar-refractivity contribution in [1.82, 2.24) is 0 Å². The molecular formula is C11H11NO3. The van der Waals surface area contributed by atoms with Crippen molar-refractivity contribution in [2.24, 2.45) is 0 Å². The molecule has 0 aliphatic carbocycles. The molecule has 0 fully saturated rings. The lowest BCUT2D eigenvalue weighted by molar-refractivity contribution is -0.139. The molecule has 1 aromatic rings. The quantitative estimate of drug-likeness (QED) is 0.747. The van der Waals surface area contributed by atoms with E-state index in [0.717, 1.165) is 16.8 Å². The number of hydrogen-bond acceptors (Lipinski definition) is 4. The van der Waals surface area contributed by atoms with Gasteiger partial charge >= 0.3 is 5.97 Å². The fraction of sp³-hybridized carbons (Fsp3) is 0.182. The second-order valence-corrected chi connectivity index (χ2v) is 3.20. The van der Waals surface area contributed by atoms with Gasteiger partial charge in [0.1, 0.15) is 6.26 Å². The van der Waals surface area contributed by atoms with Crippen molar-refractivity contribution in [3.8, 4) is 0 Å². The van der Waals surface area contributed by atoms with E-state index in [9.17, 15) is 4.79 Å². The summed E-state index contributed by atoms with van der Waals surface area (Å²) < 4.78 is 4.60. The number of methoxy groups -OCH3 is 1. The smallest absolute Gasteiger partial charge is 0.309 e. The van der Waals surface area contributed by atoms with Gasteiger partial charge in [-0.3, -0.25) is 4.79 Å². The first-order valence-corrected chi connectivity index (χ1v) is 4.57. The maximum atomic E-state index is 11.1. The van der Waals surface area contributed by atoms with Crippen LogP contribution in [0.15, 0.2) is 24.5 Å². The molecule has 2 rings (SSSR count). The van der Waals surface area contributed by atoms with Gasteiger partial charge < -0.3 is 9.57 Å². The molecular weight excluding hydrogens is 194 g/mol. The number of fused-ring (bicyclic) bond motifs is 1. The van der Waals surface area contributed by atoms with Crippen LogP contribution >= 0.6 is 0 Å². The summed E-state index contributed by atoms with van der Waals surface area (Å²) in [5.41, 5.74) is 5.58. The van der Waals surface area contributed by atoms with Gasteiger partial charge in [0.25, 0.3) is 0 Å². The lowest BCUT2D eigenvalue weighted by Crippen LogP contribution is -2.06. The molecule has 0 unspecified atom stereocenters.